The Hall–Kier alpha value is -2.82. The standard InChI is InChI=1S/C16H13FN4/c1-11-16(20-15-5-3-2-4-14(15)19-11)21-18-10-12-6-8-13(17)9-7-12/h2-10H,1H3,(H,20,21)/b18-10+. The maximum Gasteiger partial charge on any atom is 0.168 e. The molecule has 1 N–H and O–H groups in total. The van der Waals surface area contributed by atoms with Gasteiger partial charge in [0.25, 0.3) is 0 Å². The molecule has 1 aromatic heterocycles. The van der Waals surface area contributed by atoms with E-state index in [1.54, 1.807) is 18.3 Å². The van der Waals surface area contributed by atoms with Gasteiger partial charge in [0.1, 0.15) is 5.82 Å². The molecule has 0 saturated heterocycles. The van der Waals surface area contributed by atoms with Crippen molar-refractivity contribution in [2.75, 3.05) is 5.43 Å². The van der Waals surface area contributed by atoms with Crippen molar-refractivity contribution < 1.29 is 4.39 Å². The Labute approximate surface area is 121 Å². The molecule has 0 atom stereocenters. The lowest BCUT2D eigenvalue weighted by Gasteiger charge is -2.05. The molecular formula is C16H13FN4. The number of nitrogens with one attached hydrogen (secondary N) is 1. The van der Waals surface area contributed by atoms with Crippen LogP contribution in [-0.2, 0) is 0 Å². The fourth-order valence-corrected chi connectivity index (χ4v) is 1.91. The van der Waals surface area contributed by atoms with E-state index in [2.05, 4.69) is 20.5 Å². The van der Waals surface area contributed by atoms with Crippen LogP contribution in [0.15, 0.2) is 53.6 Å². The van der Waals surface area contributed by atoms with E-state index in [0.29, 0.717) is 5.82 Å². The van der Waals surface area contributed by atoms with Gasteiger partial charge in [-0.05, 0) is 36.8 Å². The van der Waals surface area contributed by atoms with Crippen LogP contribution in [-0.4, -0.2) is 16.2 Å². The number of aryl methyl sites for hydroxylation is 1. The molecule has 0 aliphatic carbocycles. The van der Waals surface area contributed by atoms with Crippen molar-refractivity contribution >= 4 is 23.1 Å². The Morgan fingerprint density at radius 3 is 2.38 bits per heavy atom. The fourth-order valence-electron chi connectivity index (χ4n) is 1.91. The van der Waals surface area contributed by atoms with Gasteiger partial charge in [0.15, 0.2) is 5.82 Å². The molecule has 1 heterocycles. The van der Waals surface area contributed by atoms with Crippen molar-refractivity contribution in [3.8, 4) is 0 Å². The van der Waals surface area contributed by atoms with E-state index in [1.165, 1.54) is 12.1 Å². The van der Waals surface area contributed by atoms with Gasteiger partial charge in [-0.2, -0.15) is 5.10 Å². The van der Waals surface area contributed by atoms with Crippen molar-refractivity contribution in [3.05, 3.63) is 65.6 Å². The number of hydrogen-bond acceptors (Lipinski definition) is 4. The van der Waals surface area contributed by atoms with Gasteiger partial charge >= 0.3 is 0 Å². The molecule has 2 aromatic carbocycles. The minimum Gasteiger partial charge on any atom is -0.260 e. The number of benzene rings is 2. The van der Waals surface area contributed by atoms with E-state index in [1.807, 2.05) is 31.2 Å². The van der Waals surface area contributed by atoms with Crippen LogP contribution >= 0.6 is 0 Å². The molecule has 0 saturated carbocycles. The Kier molecular flexibility index (Phi) is 3.55. The number of aromatic nitrogens is 2. The van der Waals surface area contributed by atoms with Crippen molar-refractivity contribution in [2.24, 2.45) is 5.10 Å². The highest BCUT2D eigenvalue weighted by Gasteiger charge is 2.03. The summed E-state index contributed by atoms with van der Waals surface area (Å²) in [5.41, 5.74) is 6.10. The van der Waals surface area contributed by atoms with Crippen LogP contribution in [0.25, 0.3) is 11.0 Å². The molecule has 0 unspecified atom stereocenters. The summed E-state index contributed by atoms with van der Waals surface area (Å²) in [6, 6.07) is 13.7. The van der Waals surface area contributed by atoms with Crippen LogP contribution in [0.3, 0.4) is 0 Å². The van der Waals surface area contributed by atoms with Gasteiger partial charge in [-0.15, -0.1) is 0 Å². The number of fused-ring (bicyclic) bond motifs is 1. The summed E-state index contributed by atoms with van der Waals surface area (Å²) in [5.74, 6) is 0.336. The van der Waals surface area contributed by atoms with Gasteiger partial charge < -0.3 is 0 Å². The molecule has 5 heteroatoms. The molecule has 0 fully saturated rings. The van der Waals surface area contributed by atoms with Gasteiger partial charge in [-0.25, -0.2) is 14.4 Å². The lowest BCUT2D eigenvalue weighted by atomic mass is 10.2. The Balaban J connectivity index is 1.81. The first-order valence-electron chi connectivity index (χ1n) is 6.50. The predicted molar refractivity (Wildman–Crippen MR) is 81.9 cm³/mol. The average molecular weight is 280 g/mol. The number of nitrogens with zero attached hydrogens (tertiary/aromatic N) is 3. The maximum absolute atomic E-state index is 12.8. The van der Waals surface area contributed by atoms with Crippen LogP contribution in [0, 0.1) is 12.7 Å². The molecule has 0 amide bonds. The van der Waals surface area contributed by atoms with Gasteiger partial charge in [0.05, 0.1) is 22.9 Å². The minimum absolute atomic E-state index is 0.267. The zero-order chi connectivity index (χ0) is 14.7. The van der Waals surface area contributed by atoms with Crippen molar-refractivity contribution in [2.45, 2.75) is 6.92 Å². The molecular weight excluding hydrogens is 267 g/mol. The van der Waals surface area contributed by atoms with E-state index in [-0.39, 0.29) is 5.82 Å². The molecule has 0 bridgehead atoms. The third-order valence-corrected chi connectivity index (χ3v) is 3.00. The molecule has 3 aromatic rings. The van der Waals surface area contributed by atoms with Crippen LogP contribution in [0.5, 0.6) is 0 Å². The number of hydrogen-bond donors (Lipinski definition) is 1. The van der Waals surface area contributed by atoms with Crippen LogP contribution in [0.4, 0.5) is 10.2 Å². The van der Waals surface area contributed by atoms with E-state index in [0.717, 1.165) is 22.3 Å². The third kappa shape index (κ3) is 3.02. The lowest BCUT2D eigenvalue weighted by Crippen LogP contribution is -1.99. The second-order valence-corrected chi connectivity index (χ2v) is 4.57. The Morgan fingerprint density at radius 1 is 1.00 bits per heavy atom. The highest BCUT2D eigenvalue weighted by Crippen LogP contribution is 2.15. The molecule has 0 aliphatic heterocycles. The van der Waals surface area contributed by atoms with Gasteiger partial charge in [0, 0.05) is 0 Å². The van der Waals surface area contributed by atoms with E-state index < -0.39 is 0 Å². The maximum atomic E-state index is 12.8. The molecule has 104 valence electrons. The summed E-state index contributed by atoms with van der Waals surface area (Å²) < 4.78 is 12.8. The molecule has 3 rings (SSSR count). The largest absolute Gasteiger partial charge is 0.260 e. The SMILES string of the molecule is Cc1nc2ccccc2nc1N/N=C/c1ccc(F)cc1. The fraction of sp³-hybridized carbons (Fsp3) is 0.0625. The lowest BCUT2D eigenvalue weighted by molar-refractivity contribution is 0.628. The number of anilines is 1. The summed E-state index contributed by atoms with van der Waals surface area (Å²) in [7, 11) is 0. The first-order valence-corrected chi connectivity index (χ1v) is 6.50. The summed E-state index contributed by atoms with van der Waals surface area (Å²) in [5, 5.41) is 4.11. The van der Waals surface area contributed by atoms with Crippen molar-refractivity contribution in [1.82, 2.24) is 9.97 Å². The molecule has 21 heavy (non-hydrogen) atoms. The summed E-state index contributed by atoms with van der Waals surface area (Å²) >= 11 is 0. The van der Waals surface area contributed by atoms with E-state index >= 15 is 0 Å². The van der Waals surface area contributed by atoms with Gasteiger partial charge in [-0.3, -0.25) is 5.43 Å². The van der Waals surface area contributed by atoms with Crippen LogP contribution in [0.1, 0.15) is 11.3 Å². The molecule has 0 radical (unpaired) electrons. The van der Waals surface area contributed by atoms with E-state index in [9.17, 15) is 4.39 Å². The third-order valence-electron chi connectivity index (χ3n) is 3.00. The molecule has 4 nitrogen and oxygen atoms in total. The predicted octanol–water partition coefficient (Wildman–Crippen LogP) is 3.52. The quantitative estimate of drug-likeness (QED) is 0.590. The average Bonchev–Trinajstić information content (AvgIpc) is 2.50. The Morgan fingerprint density at radius 2 is 1.67 bits per heavy atom. The number of hydrazone groups is 1. The Bertz CT molecular complexity index is 797. The monoisotopic (exact) mass is 280 g/mol. The van der Waals surface area contributed by atoms with Gasteiger partial charge in [-0.1, -0.05) is 24.3 Å². The summed E-state index contributed by atoms with van der Waals surface area (Å²) in [6.45, 7) is 1.87. The van der Waals surface area contributed by atoms with Crippen LogP contribution < -0.4 is 5.43 Å². The number of halogens is 1. The van der Waals surface area contributed by atoms with Crippen molar-refractivity contribution in [3.63, 3.8) is 0 Å². The molecule has 0 spiro atoms. The highest BCUT2D eigenvalue weighted by molar-refractivity contribution is 5.80. The van der Waals surface area contributed by atoms with Gasteiger partial charge in [0.2, 0.25) is 0 Å². The van der Waals surface area contributed by atoms with E-state index in [4.69, 9.17) is 0 Å². The summed E-state index contributed by atoms with van der Waals surface area (Å²) in [4.78, 5) is 8.94. The van der Waals surface area contributed by atoms with Crippen LogP contribution in [0.2, 0.25) is 0 Å². The summed E-state index contributed by atoms with van der Waals surface area (Å²) in [6.07, 6.45) is 1.61. The highest BCUT2D eigenvalue weighted by atomic mass is 19.1. The second-order valence-electron chi connectivity index (χ2n) is 4.57. The topological polar surface area (TPSA) is 50.2 Å². The first kappa shape index (κ1) is 13.2. The zero-order valence-corrected chi connectivity index (χ0v) is 11.4. The molecule has 0 aliphatic rings. The minimum atomic E-state index is -0.267. The number of para-hydroxylation sites is 2. The smallest absolute Gasteiger partial charge is 0.168 e. The normalized spacial score (nSPS) is 11.1. The zero-order valence-electron chi connectivity index (χ0n) is 11.4. The number of rotatable bonds is 3. The van der Waals surface area contributed by atoms with Crippen molar-refractivity contribution in [1.29, 1.82) is 0 Å². The first-order chi connectivity index (χ1) is 10.2. The second kappa shape index (κ2) is 5.66.